The fourth-order valence-corrected chi connectivity index (χ4v) is 1.67. The van der Waals surface area contributed by atoms with Crippen molar-refractivity contribution in [3.05, 3.63) is 0 Å². The van der Waals surface area contributed by atoms with Gasteiger partial charge in [0.25, 0.3) is 0 Å². The molecule has 0 spiro atoms. The van der Waals surface area contributed by atoms with E-state index in [0.29, 0.717) is 12.5 Å². The Morgan fingerprint density at radius 3 is 2.69 bits per heavy atom. The lowest BCUT2D eigenvalue weighted by atomic mass is 10.0. The number of hydrogen-bond donors (Lipinski definition) is 2. The molecule has 13 heavy (non-hydrogen) atoms. The number of carboxylic acids is 1. The molecule has 0 amide bonds. The third-order valence-corrected chi connectivity index (χ3v) is 2.93. The van der Waals surface area contributed by atoms with Crippen molar-refractivity contribution in [2.75, 3.05) is 19.6 Å². The SMILES string of the molecule is CC(C)(C(=O)O)N1CCC(CN)C1. The molecular formula is C9H18N2O2. The van der Waals surface area contributed by atoms with Crippen LogP contribution in [0.4, 0.5) is 0 Å². The van der Waals surface area contributed by atoms with Gasteiger partial charge in [-0.1, -0.05) is 0 Å². The zero-order valence-electron chi connectivity index (χ0n) is 8.29. The molecule has 76 valence electrons. The van der Waals surface area contributed by atoms with Crippen LogP contribution in [0.1, 0.15) is 20.3 Å². The number of nitrogens with zero attached hydrogens (tertiary/aromatic N) is 1. The molecule has 0 bridgehead atoms. The van der Waals surface area contributed by atoms with Gasteiger partial charge in [0.05, 0.1) is 0 Å². The fraction of sp³-hybridized carbons (Fsp3) is 0.889. The van der Waals surface area contributed by atoms with Crippen LogP contribution in [0.25, 0.3) is 0 Å². The van der Waals surface area contributed by atoms with Gasteiger partial charge in [-0.05, 0) is 39.3 Å². The predicted molar refractivity (Wildman–Crippen MR) is 50.4 cm³/mol. The van der Waals surface area contributed by atoms with Gasteiger partial charge in [0.15, 0.2) is 0 Å². The summed E-state index contributed by atoms with van der Waals surface area (Å²) < 4.78 is 0. The summed E-state index contributed by atoms with van der Waals surface area (Å²) in [7, 11) is 0. The summed E-state index contributed by atoms with van der Waals surface area (Å²) in [5.41, 5.74) is 4.80. The van der Waals surface area contributed by atoms with Gasteiger partial charge in [-0.15, -0.1) is 0 Å². The lowest BCUT2D eigenvalue weighted by Crippen LogP contribution is -2.49. The summed E-state index contributed by atoms with van der Waals surface area (Å²) in [5.74, 6) is -0.288. The van der Waals surface area contributed by atoms with Gasteiger partial charge in [-0.3, -0.25) is 9.69 Å². The van der Waals surface area contributed by atoms with Crippen LogP contribution in [-0.4, -0.2) is 41.1 Å². The summed E-state index contributed by atoms with van der Waals surface area (Å²) in [4.78, 5) is 12.9. The Morgan fingerprint density at radius 2 is 2.31 bits per heavy atom. The molecule has 1 unspecified atom stereocenters. The number of nitrogens with two attached hydrogens (primary N) is 1. The molecule has 1 rings (SSSR count). The van der Waals surface area contributed by atoms with Crippen LogP contribution in [0.3, 0.4) is 0 Å². The minimum absolute atomic E-state index is 0.471. The molecule has 0 aromatic rings. The van der Waals surface area contributed by atoms with Crippen LogP contribution in [0.5, 0.6) is 0 Å². The maximum atomic E-state index is 10.9. The van der Waals surface area contributed by atoms with Crippen molar-refractivity contribution >= 4 is 5.97 Å². The first-order valence-electron chi connectivity index (χ1n) is 4.67. The van der Waals surface area contributed by atoms with Crippen molar-refractivity contribution in [2.45, 2.75) is 25.8 Å². The summed E-state index contributed by atoms with van der Waals surface area (Å²) in [5, 5.41) is 8.99. The average molecular weight is 186 g/mol. The summed E-state index contributed by atoms with van der Waals surface area (Å²) in [6.07, 6.45) is 1.02. The smallest absolute Gasteiger partial charge is 0.323 e. The Balaban J connectivity index is 2.59. The molecule has 0 aromatic carbocycles. The molecule has 1 atom stereocenters. The Kier molecular flexibility index (Phi) is 2.93. The van der Waals surface area contributed by atoms with Gasteiger partial charge in [0.1, 0.15) is 5.54 Å². The van der Waals surface area contributed by atoms with Crippen LogP contribution >= 0.6 is 0 Å². The lowest BCUT2D eigenvalue weighted by molar-refractivity contribution is -0.148. The van der Waals surface area contributed by atoms with E-state index in [1.54, 1.807) is 13.8 Å². The standard InChI is InChI=1S/C9H18N2O2/c1-9(2,8(12)13)11-4-3-7(5-10)6-11/h7H,3-6,10H2,1-2H3,(H,12,13). The lowest BCUT2D eigenvalue weighted by Gasteiger charge is -2.31. The zero-order valence-corrected chi connectivity index (χ0v) is 8.29. The first-order chi connectivity index (χ1) is 5.98. The fourth-order valence-electron chi connectivity index (χ4n) is 1.67. The number of hydrogen-bond acceptors (Lipinski definition) is 3. The number of aliphatic carboxylic acids is 1. The van der Waals surface area contributed by atoms with Gasteiger partial charge in [-0.2, -0.15) is 0 Å². The van der Waals surface area contributed by atoms with Crippen molar-refractivity contribution in [1.82, 2.24) is 4.90 Å². The molecule has 3 N–H and O–H groups in total. The second kappa shape index (κ2) is 3.64. The number of rotatable bonds is 3. The monoisotopic (exact) mass is 186 g/mol. The van der Waals surface area contributed by atoms with Gasteiger partial charge < -0.3 is 10.8 Å². The number of likely N-dealkylation sites (tertiary alicyclic amines) is 1. The van der Waals surface area contributed by atoms with E-state index in [-0.39, 0.29) is 0 Å². The minimum Gasteiger partial charge on any atom is -0.480 e. The molecule has 1 aliphatic rings. The highest BCUT2D eigenvalue weighted by molar-refractivity contribution is 5.77. The Hall–Kier alpha value is -0.610. The Bertz CT molecular complexity index is 204. The minimum atomic E-state index is -0.759. The third kappa shape index (κ3) is 2.00. The third-order valence-electron chi connectivity index (χ3n) is 2.93. The summed E-state index contributed by atoms with van der Waals surface area (Å²) in [6.45, 7) is 5.81. The van der Waals surface area contributed by atoms with Gasteiger partial charge in [0.2, 0.25) is 0 Å². The van der Waals surface area contributed by atoms with E-state index in [4.69, 9.17) is 10.8 Å². The molecule has 0 aliphatic carbocycles. The van der Waals surface area contributed by atoms with E-state index in [9.17, 15) is 4.79 Å². The van der Waals surface area contributed by atoms with Crippen molar-refractivity contribution in [2.24, 2.45) is 11.7 Å². The quantitative estimate of drug-likeness (QED) is 0.657. The average Bonchev–Trinajstić information content (AvgIpc) is 2.51. The normalized spacial score (nSPS) is 25.0. The molecule has 1 fully saturated rings. The largest absolute Gasteiger partial charge is 0.480 e. The van der Waals surface area contributed by atoms with Crippen molar-refractivity contribution < 1.29 is 9.90 Å². The van der Waals surface area contributed by atoms with E-state index >= 15 is 0 Å². The molecular weight excluding hydrogens is 168 g/mol. The second-order valence-electron chi connectivity index (χ2n) is 4.20. The molecule has 1 saturated heterocycles. The van der Waals surface area contributed by atoms with Gasteiger partial charge in [0, 0.05) is 6.54 Å². The highest BCUT2D eigenvalue weighted by Crippen LogP contribution is 2.24. The van der Waals surface area contributed by atoms with Crippen molar-refractivity contribution in [1.29, 1.82) is 0 Å². The van der Waals surface area contributed by atoms with Crippen LogP contribution in [-0.2, 0) is 4.79 Å². The van der Waals surface area contributed by atoms with Gasteiger partial charge in [-0.25, -0.2) is 0 Å². The van der Waals surface area contributed by atoms with E-state index < -0.39 is 11.5 Å². The highest BCUT2D eigenvalue weighted by atomic mass is 16.4. The topological polar surface area (TPSA) is 66.6 Å². The molecule has 1 aliphatic heterocycles. The maximum Gasteiger partial charge on any atom is 0.323 e. The summed E-state index contributed by atoms with van der Waals surface area (Å²) >= 11 is 0. The van der Waals surface area contributed by atoms with Crippen LogP contribution in [0.15, 0.2) is 0 Å². The molecule has 4 heteroatoms. The van der Waals surface area contributed by atoms with Crippen LogP contribution < -0.4 is 5.73 Å². The predicted octanol–water partition coefficient (Wildman–Crippen LogP) is 0.130. The number of carbonyl (C=O) groups is 1. The highest BCUT2D eigenvalue weighted by Gasteiger charge is 2.38. The molecule has 0 radical (unpaired) electrons. The Labute approximate surface area is 78.7 Å². The van der Waals surface area contributed by atoms with E-state index in [1.165, 1.54) is 0 Å². The molecule has 4 nitrogen and oxygen atoms in total. The van der Waals surface area contributed by atoms with Gasteiger partial charge >= 0.3 is 5.97 Å². The summed E-state index contributed by atoms with van der Waals surface area (Å²) in [6, 6.07) is 0. The molecule has 0 aromatic heterocycles. The first-order valence-corrected chi connectivity index (χ1v) is 4.67. The van der Waals surface area contributed by atoms with E-state index in [2.05, 4.69) is 0 Å². The Morgan fingerprint density at radius 1 is 1.69 bits per heavy atom. The van der Waals surface area contributed by atoms with E-state index in [1.807, 2.05) is 4.90 Å². The molecule has 1 heterocycles. The number of carboxylic acid groups (broad SMARTS) is 1. The van der Waals surface area contributed by atoms with Crippen molar-refractivity contribution in [3.8, 4) is 0 Å². The zero-order chi connectivity index (χ0) is 10.1. The van der Waals surface area contributed by atoms with Crippen LogP contribution in [0, 0.1) is 5.92 Å². The second-order valence-corrected chi connectivity index (χ2v) is 4.20. The van der Waals surface area contributed by atoms with Crippen molar-refractivity contribution in [3.63, 3.8) is 0 Å². The molecule has 0 saturated carbocycles. The van der Waals surface area contributed by atoms with Crippen LogP contribution in [0.2, 0.25) is 0 Å². The maximum absolute atomic E-state index is 10.9. The first kappa shape index (κ1) is 10.5. The van der Waals surface area contributed by atoms with E-state index in [0.717, 1.165) is 19.5 Å².